The van der Waals surface area contributed by atoms with Crippen LogP contribution in [0.25, 0.3) is 0 Å². The highest BCUT2D eigenvalue weighted by Gasteiger charge is 2.21. The number of anilines is 2. The second-order valence-electron chi connectivity index (χ2n) is 7.33. The summed E-state index contributed by atoms with van der Waals surface area (Å²) >= 11 is 3.47. The molecule has 1 heterocycles. The Bertz CT molecular complexity index is 910. The van der Waals surface area contributed by atoms with Crippen molar-refractivity contribution >= 4 is 39.1 Å². The average molecular weight is 460 g/mol. The van der Waals surface area contributed by atoms with E-state index in [1.54, 1.807) is 19.1 Å². The number of carbonyl (C=O) groups excluding carboxylic acids is 2. The lowest BCUT2D eigenvalue weighted by atomic mass is 10.1. The van der Waals surface area contributed by atoms with Crippen molar-refractivity contribution in [2.45, 2.75) is 39.2 Å². The van der Waals surface area contributed by atoms with E-state index in [4.69, 9.17) is 10.5 Å². The summed E-state index contributed by atoms with van der Waals surface area (Å²) in [6, 6.07) is 10.9. The monoisotopic (exact) mass is 459 g/mol. The minimum atomic E-state index is -0.722. The molecule has 2 amide bonds. The van der Waals surface area contributed by atoms with Gasteiger partial charge < -0.3 is 20.7 Å². The molecule has 1 fully saturated rings. The molecule has 1 unspecified atom stereocenters. The van der Waals surface area contributed by atoms with Gasteiger partial charge in [0.05, 0.1) is 15.8 Å². The van der Waals surface area contributed by atoms with Crippen molar-refractivity contribution in [2.24, 2.45) is 5.73 Å². The minimum Gasteiger partial charge on any atom is -0.480 e. The van der Waals surface area contributed by atoms with E-state index in [2.05, 4.69) is 26.1 Å². The predicted molar refractivity (Wildman–Crippen MR) is 119 cm³/mol. The first-order valence-corrected chi connectivity index (χ1v) is 10.6. The van der Waals surface area contributed by atoms with Crippen molar-refractivity contribution in [1.29, 1.82) is 0 Å². The van der Waals surface area contributed by atoms with Crippen LogP contribution in [0, 0.1) is 6.92 Å². The maximum Gasteiger partial charge on any atom is 0.265 e. The molecule has 2 aromatic rings. The van der Waals surface area contributed by atoms with Crippen LogP contribution in [-0.2, 0) is 4.79 Å². The lowest BCUT2D eigenvalue weighted by Crippen LogP contribution is -2.33. The number of hydrogen-bond acceptors (Lipinski definition) is 4. The van der Waals surface area contributed by atoms with Crippen LogP contribution in [-0.4, -0.2) is 31.0 Å². The van der Waals surface area contributed by atoms with Crippen LogP contribution in [0.4, 0.5) is 11.4 Å². The summed E-state index contributed by atoms with van der Waals surface area (Å²) in [4.78, 5) is 26.7. The Hall–Kier alpha value is -2.54. The number of halogens is 1. The zero-order valence-electron chi connectivity index (χ0n) is 16.7. The third-order valence-electron chi connectivity index (χ3n) is 5.00. The highest BCUT2D eigenvalue weighted by Crippen LogP contribution is 2.31. The molecule has 6 nitrogen and oxygen atoms in total. The van der Waals surface area contributed by atoms with Crippen molar-refractivity contribution in [3.05, 3.63) is 52.0 Å². The van der Waals surface area contributed by atoms with Crippen molar-refractivity contribution < 1.29 is 14.3 Å². The second kappa shape index (κ2) is 9.31. The van der Waals surface area contributed by atoms with E-state index in [1.165, 1.54) is 6.42 Å². The van der Waals surface area contributed by atoms with Crippen LogP contribution < -0.4 is 20.7 Å². The SMILES string of the molecule is Cc1ccc(OC(C)C(=O)Nc2cc(C(N)=O)ccc2N2CCCCC2)c(Br)c1. The smallest absolute Gasteiger partial charge is 0.265 e. The second-order valence-corrected chi connectivity index (χ2v) is 8.18. The van der Waals surface area contributed by atoms with E-state index in [9.17, 15) is 9.59 Å². The van der Waals surface area contributed by atoms with Crippen LogP contribution in [0.2, 0.25) is 0 Å². The van der Waals surface area contributed by atoms with Crippen LogP contribution in [0.15, 0.2) is 40.9 Å². The first-order valence-electron chi connectivity index (χ1n) is 9.77. The summed E-state index contributed by atoms with van der Waals surface area (Å²) in [5, 5.41) is 2.93. The fraction of sp³-hybridized carbons (Fsp3) is 0.364. The molecule has 1 aliphatic rings. The summed E-state index contributed by atoms with van der Waals surface area (Å²) in [7, 11) is 0. The normalized spacial score (nSPS) is 14.9. The zero-order valence-corrected chi connectivity index (χ0v) is 18.3. The van der Waals surface area contributed by atoms with E-state index < -0.39 is 12.0 Å². The molecule has 3 N–H and O–H groups in total. The molecular weight excluding hydrogens is 434 g/mol. The fourth-order valence-electron chi connectivity index (χ4n) is 3.38. The van der Waals surface area contributed by atoms with E-state index in [-0.39, 0.29) is 5.91 Å². The molecule has 1 atom stereocenters. The van der Waals surface area contributed by atoms with Crippen LogP contribution in [0.3, 0.4) is 0 Å². The van der Waals surface area contributed by atoms with Gasteiger partial charge in [0, 0.05) is 18.7 Å². The predicted octanol–water partition coefficient (Wildman–Crippen LogP) is 4.25. The number of primary amides is 1. The Morgan fingerprint density at radius 1 is 1.14 bits per heavy atom. The Kier molecular flexibility index (Phi) is 6.79. The first kappa shape index (κ1) is 21.2. The van der Waals surface area contributed by atoms with Gasteiger partial charge in [-0.25, -0.2) is 0 Å². The number of amides is 2. The van der Waals surface area contributed by atoms with Gasteiger partial charge in [-0.3, -0.25) is 9.59 Å². The van der Waals surface area contributed by atoms with E-state index in [1.807, 2.05) is 31.2 Å². The first-order chi connectivity index (χ1) is 13.8. The highest BCUT2D eigenvalue weighted by molar-refractivity contribution is 9.10. The van der Waals surface area contributed by atoms with E-state index >= 15 is 0 Å². The van der Waals surface area contributed by atoms with Gasteiger partial charge in [-0.05, 0) is 84.9 Å². The molecule has 29 heavy (non-hydrogen) atoms. The maximum absolute atomic E-state index is 12.8. The molecule has 0 saturated carbocycles. The third kappa shape index (κ3) is 5.29. The van der Waals surface area contributed by atoms with Gasteiger partial charge in [0.15, 0.2) is 6.10 Å². The minimum absolute atomic E-state index is 0.294. The lowest BCUT2D eigenvalue weighted by Gasteiger charge is -2.31. The Balaban J connectivity index is 1.80. The van der Waals surface area contributed by atoms with Gasteiger partial charge >= 0.3 is 0 Å². The molecule has 2 aromatic carbocycles. The lowest BCUT2D eigenvalue weighted by molar-refractivity contribution is -0.122. The number of hydrogen-bond donors (Lipinski definition) is 2. The summed E-state index contributed by atoms with van der Waals surface area (Å²) in [5.41, 5.74) is 8.36. The van der Waals surface area contributed by atoms with Gasteiger partial charge in [-0.2, -0.15) is 0 Å². The number of nitrogens with one attached hydrogen (secondary N) is 1. The highest BCUT2D eigenvalue weighted by atomic mass is 79.9. The molecule has 154 valence electrons. The molecular formula is C22H26BrN3O3. The molecule has 1 aliphatic heterocycles. The fourth-order valence-corrected chi connectivity index (χ4v) is 3.97. The van der Waals surface area contributed by atoms with Crippen molar-refractivity contribution in [3.63, 3.8) is 0 Å². The number of aryl methyl sites for hydroxylation is 1. The van der Waals surface area contributed by atoms with Crippen molar-refractivity contribution in [1.82, 2.24) is 0 Å². The summed E-state index contributed by atoms with van der Waals surface area (Å²) in [6.07, 6.45) is 2.69. The maximum atomic E-state index is 12.8. The largest absolute Gasteiger partial charge is 0.480 e. The average Bonchev–Trinajstić information content (AvgIpc) is 2.70. The Morgan fingerprint density at radius 2 is 1.86 bits per heavy atom. The van der Waals surface area contributed by atoms with Gasteiger partial charge in [0.2, 0.25) is 5.91 Å². The Morgan fingerprint density at radius 3 is 2.52 bits per heavy atom. The molecule has 3 rings (SSSR count). The number of piperidine rings is 1. The van der Waals surface area contributed by atoms with Crippen molar-refractivity contribution in [2.75, 3.05) is 23.3 Å². The van der Waals surface area contributed by atoms with Crippen LogP contribution >= 0.6 is 15.9 Å². The number of benzene rings is 2. The molecule has 0 bridgehead atoms. The molecule has 0 aliphatic carbocycles. The molecule has 1 saturated heterocycles. The number of nitrogens with two attached hydrogens (primary N) is 1. The van der Waals surface area contributed by atoms with E-state index in [0.29, 0.717) is 17.0 Å². The topological polar surface area (TPSA) is 84.7 Å². The van der Waals surface area contributed by atoms with Gasteiger partial charge in [-0.15, -0.1) is 0 Å². The Labute approximate surface area is 179 Å². The number of carbonyl (C=O) groups is 2. The molecule has 0 aromatic heterocycles. The van der Waals surface area contributed by atoms with Crippen molar-refractivity contribution in [3.8, 4) is 5.75 Å². The number of ether oxygens (including phenoxy) is 1. The standard InChI is InChI=1S/C22H26BrN3O3/c1-14-6-9-20(17(23)12-14)29-15(2)22(28)25-18-13-16(21(24)27)7-8-19(18)26-10-4-3-5-11-26/h6-9,12-13,15H,3-5,10-11H2,1-2H3,(H2,24,27)(H,25,28). The van der Waals surface area contributed by atoms with Gasteiger partial charge in [0.25, 0.3) is 5.91 Å². The van der Waals surface area contributed by atoms with Gasteiger partial charge in [0.1, 0.15) is 5.75 Å². The molecule has 7 heteroatoms. The number of rotatable bonds is 6. The van der Waals surface area contributed by atoms with Crippen LogP contribution in [0.5, 0.6) is 5.75 Å². The van der Waals surface area contributed by atoms with Gasteiger partial charge in [-0.1, -0.05) is 6.07 Å². The molecule has 0 spiro atoms. The molecule has 0 radical (unpaired) electrons. The van der Waals surface area contributed by atoms with Crippen LogP contribution in [0.1, 0.15) is 42.1 Å². The summed E-state index contributed by atoms with van der Waals surface area (Å²) in [6.45, 7) is 5.51. The summed E-state index contributed by atoms with van der Waals surface area (Å²) in [5.74, 6) is -0.226. The van der Waals surface area contributed by atoms with E-state index in [0.717, 1.165) is 41.7 Å². The zero-order chi connectivity index (χ0) is 21.0. The quantitative estimate of drug-likeness (QED) is 0.675. The number of nitrogens with zero attached hydrogens (tertiary/aromatic N) is 1. The summed E-state index contributed by atoms with van der Waals surface area (Å²) < 4.78 is 6.63. The third-order valence-corrected chi connectivity index (χ3v) is 5.62.